The summed E-state index contributed by atoms with van der Waals surface area (Å²) in [5.74, 6) is 0.330. The Labute approximate surface area is 153 Å². The van der Waals surface area contributed by atoms with E-state index in [2.05, 4.69) is 15.3 Å². The van der Waals surface area contributed by atoms with Crippen molar-refractivity contribution >= 4 is 27.4 Å². The molecule has 1 aliphatic heterocycles. The minimum atomic E-state index is -3.05. The number of rotatable bonds is 5. The summed E-state index contributed by atoms with van der Waals surface area (Å²) in [6.45, 7) is 4.27. The summed E-state index contributed by atoms with van der Waals surface area (Å²) in [5.41, 5.74) is 2.32. The van der Waals surface area contributed by atoms with Gasteiger partial charge in [0.15, 0.2) is 9.84 Å². The van der Waals surface area contributed by atoms with Crippen LogP contribution in [0.2, 0.25) is 0 Å². The van der Waals surface area contributed by atoms with Crippen LogP contribution in [-0.4, -0.2) is 53.3 Å². The molecular weight excluding hydrogens is 352 g/mol. The van der Waals surface area contributed by atoms with Crippen LogP contribution in [0.25, 0.3) is 0 Å². The van der Waals surface area contributed by atoms with Crippen LogP contribution in [0.15, 0.2) is 36.7 Å². The van der Waals surface area contributed by atoms with Gasteiger partial charge in [0, 0.05) is 30.7 Å². The average molecular weight is 374 g/mol. The molecule has 0 bridgehead atoms. The fourth-order valence-electron chi connectivity index (χ4n) is 3.09. The van der Waals surface area contributed by atoms with E-state index in [9.17, 15) is 13.2 Å². The molecule has 1 aromatic carbocycles. The number of carbonyl (C=O) groups is 1. The van der Waals surface area contributed by atoms with Crippen molar-refractivity contribution in [2.75, 3.05) is 23.4 Å². The minimum Gasteiger partial charge on any atom is -0.335 e. The Morgan fingerprint density at radius 2 is 1.96 bits per heavy atom. The van der Waals surface area contributed by atoms with E-state index in [1.54, 1.807) is 4.90 Å². The Bertz CT molecular complexity index is 897. The summed E-state index contributed by atoms with van der Waals surface area (Å²) in [7, 11) is -3.05. The van der Waals surface area contributed by atoms with Gasteiger partial charge in [0.2, 0.25) is 5.95 Å². The number of hydrogen-bond donors (Lipinski definition) is 1. The average Bonchev–Trinajstić information content (AvgIpc) is 2.98. The van der Waals surface area contributed by atoms with Crippen molar-refractivity contribution in [1.82, 2.24) is 14.9 Å². The Balaban J connectivity index is 1.73. The predicted octanol–water partition coefficient (Wildman–Crippen LogP) is 2.18. The molecule has 1 aliphatic rings. The standard InChI is InChI=1S/C18H22N4O3S/c1-3-22(15-8-9-26(24,25)12-15)17(23)14-10-19-18(20-11-14)21-16-7-5-4-6-13(16)2/h4-7,10-11,15H,3,8-9,12H2,1-2H3,(H,19,20,21). The summed E-state index contributed by atoms with van der Waals surface area (Å²) in [5, 5.41) is 3.12. The minimum absolute atomic E-state index is 0.0281. The third kappa shape index (κ3) is 4.01. The van der Waals surface area contributed by atoms with Crippen molar-refractivity contribution in [3.05, 3.63) is 47.8 Å². The number of sulfone groups is 1. The predicted molar refractivity (Wildman–Crippen MR) is 100 cm³/mol. The largest absolute Gasteiger partial charge is 0.335 e. The lowest BCUT2D eigenvalue weighted by Crippen LogP contribution is -2.41. The number of anilines is 2. The second-order valence-electron chi connectivity index (χ2n) is 6.38. The van der Waals surface area contributed by atoms with Gasteiger partial charge < -0.3 is 10.2 Å². The van der Waals surface area contributed by atoms with Crippen LogP contribution in [0.5, 0.6) is 0 Å². The zero-order valence-electron chi connectivity index (χ0n) is 14.8. The number of benzene rings is 1. The van der Waals surface area contributed by atoms with Gasteiger partial charge in [-0.2, -0.15) is 0 Å². The first-order valence-electron chi connectivity index (χ1n) is 8.55. The lowest BCUT2D eigenvalue weighted by molar-refractivity contribution is 0.0707. The van der Waals surface area contributed by atoms with Crippen molar-refractivity contribution < 1.29 is 13.2 Å². The molecule has 1 atom stereocenters. The molecule has 0 saturated carbocycles. The maximum atomic E-state index is 12.7. The first-order valence-corrected chi connectivity index (χ1v) is 10.4. The zero-order chi connectivity index (χ0) is 18.7. The van der Waals surface area contributed by atoms with Crippen molar-refractivity contribution in [1.29, 1.82) is 0 Å². The highest BCUT2D eigenvalue weighted by Crippen LogP contribution is 2.20. The van der Waals surface area contributed by atoms with E-state index in [1.165, 1.54) is 12.4 Å². The maximum absolute atomic E-state index is 12.7. The van der Waals surface area contributed by atoms with Crippen LogP contribution >= 0.6 is 0 Å². The molecule has 1 unspecified atom stereocenters. The molecule has 7 nitrogen and oxygen atoms in total. The fourth-order valence-corrected chi connectivity index (χ4v) is 4.82. The van der Waals surface area contributed by atoms with E-state index in [0.29, 0.717) is 24.5 Å². The van der Waals surface area contributed by atoms with Crippen molar-refractivity contribution in [2.24, 2.45) is 0 Å². The first-order chi connectivity index (χ1) is 12.4. The van der Waals surface area contributed by atoms with Crippen molar-refractivity contribution in [3.63, 3.8) is 0 Å². The molecular formula is C18H22N4O3S. The van der Waals surface area contributed by atoms with Crippen LogP contribution in [0.4, 0.5) is 11.6 Å². The van der Waals surface area contributed by atoms with E-state index >= 15 is 0 Å². The molecule has 1 saturated heterocycles. The molecule has 8 heteroatoms. The number of hydrogen-bond acceptors (Lipinski definition) is 6. The van der Waals surface area contributed by atoms with E-state index in [0.717, 1.165) is 11.3 Å². The number of amides is 1. The van der Waals surface area contributed by atoms with E-state index in [1.807, 2.05) is 38.1 Å². The van der Waals surface area contributed by atoms with Gasteiger partial charge in [-0.3, -0.25) is 4.79 Å². The number of para-hydroxylation sites is 1. The molecule has 0 aliphatic carbocycles. The number of carbonyl (C=O) groups excluding carboxylic acids is 1. The molecule has 0 radical (unpaired) electrons. The molecule has 2 aromatic rings. The normalized spacial score (nSPS) is 18.5. The lowest BCUT2D eigenvalue weighted by Gasteiger charge is -2.26. The SMILES string of the molecule is CCN(C(=O)c1cnc(Nc2ccccc2C)nc1)C1CCS(=O)(=O)C1. The van der Waals surface area contributed by atoms with Gasteiger partial charge in [0.1, 0.15) is 0 Å². The third-order valence-corrected chi connectivity index (χ3v) is 6.29. The van der Waals surface area contributed by atoms with Crippen molar-refractivity contribution in [2.45, 2.75) is 26.3 Å². The number of aryl methyl sites for hydroxylation is 1. The number of nitrogens with one attached hydrogen (secondary N) is 1. The molecule has 1 amide bonds. The Hall–Kier alpha value is -2.48. The van der Waals surface area contributed by atoms with Crippen LogP contribution < -0.4 is 5.32 Å². The lowest BCUT2D eigenvalue weighted by atomic mass is 10.2. The van der Waals surface area contributed by atoms with Gasteiger partial charge in [0.05, 0.1) is 17.1 Å². The second-order valence-corrected chi connectivity index (χ2v) is 8.61. The van der Waals surface area contributed by atoms with Gasteiger partial charge in [-0.25, -0.2) is 18.4 Å². The van der Waals surface area contributed by atoms with Crippen LogP contribution in [0, 0.1) is 6.92 Å². The monoisotopic (exact) mass is 374 g/mol. The fraction of sp³-hybridized carbons (Fsp3) is 0.389. The summed E-state index contributed by atoms with van der Waals surface area (Å²) in [6, 6.07) is 7.50. The van der Waals surface area contributed by atoms with Crippen LogP contribution in [0.1, 0.15) is 29.3 Å². The summed E-state index contributed by atoms with van der Waals surface area (Å²) >= 11 is 0. The van der Waals surface area contributed by atoms with Gasteiger partial charge in [-0.05, 0) is 31.9 Å². The topological polar surface area (TPSA) is 92.3 Å². The molecule has 0 spiro atoms. The Morgan fingerprint density at radius 3 is 2.54 bits per heavy atom. The maximum Gasteiger partial charge on any atom is 0.257 e. The second kappa shape index (κ2) is 7.41. The number of nitrogens with zero attached hydrogens (tertiary/aromatic N) is 3. The van der Waals surface area contributed by atoms with E-state index < -0.39 is 9.84 Å². The third-order valence-electron chi connectivity index (χ3n) is 4.54. The number of aromatic nitrogens is 2. The molecule has 1 N–H and O–H groups in total. The van der Waals surface area contributed by atoms with Gasteiger partial charge in [-0.1, -0.05) is 18.2 Å². The quantitative estimate of drug-likeness (QED) is 0.862. The zero-order valence-corrected chi connectivity index (χ0v) is 15.7. The highest BCUT2D eigenvalue weighted by Gasteiger charge is 2.34. The Morgan fingerprint density at radius 1 is 1.27 bits per heavy atom. The Kier molecular flexibility index (Phi) is 5.22. The van der Waals surface area contributed by atoms with Gasteiger partial charge >= 0.3 is 0 Å². The molecule has 26 heavy (non-hydrogen) atoms. The molecule has 1 fully saturated rings. The van der Waals surface area contributed by atoms with E-state index in [4.69, 9.17) is 0 Å². The first kappa shape index (κ1) is 18.3. The summed E-state index contributed by atoms with van der Waals surface area (Å²) in [6.07, 6.45) is 3.43. The van der Waals surface area contributed by atoms with Crippen LogP contribution in [0.3, 0.4) is 0 Å². The molecule has 138 valence electrons. The van der Waals surface area contributed by atoms with Gasteiger partial charge in [-0.15, -0.1) is 0 Å². The molecule has 1 aromatic heterocycles. The van der Waals surface area contributed by atoms with Crippen LogP contribution in [-0.2, 0) is 9.84 Å². The molecule has 3 rings (SSSR count). The highest BCUT2D eigenvalue weighted by atomic mass is 32.2. The van der Waals surface area contributed by atoms with E-state index in [-0.39, 0.29) is 23.5 Å². The van der Waals surface area contributed by atoms with Crippen molar-refractivity contribution in [3.8, 4) is 0 Å². The smallest absolute Gasteiger partial charge is 0.257 e. The highest BCUT2D eigenvalue weighted by molar-refractivity contribution is 7.91. The summed E-state index contributed by atoms with van der Waals surface area (Å²) < 4.78 is 23.4. The molecule has 2 heterocycles. The van der Waals surface area contributed by atoms with Gasteiger partial charge in [0.25, 0.3) is 5.91 Å². The summed E-state index contributed by atoms with van der Waals surface area (Å²) in [4.78, 5) is 22.8.